The summed E-state index contributed by atoms with van der Waals surface area (Å²) in [5.74, 6) is 2.04. The molecule has 0 amide bonds. The standard InChI is InChI=1S/C68H51N5O.Pt/c1-67(2,3)45-33-34-69-64(37-45)72-61-39-48(31-32-53(61)56-40-57-55-27-18-26-54-52-23-13-14-28-58(52)73(66(54)55)63(57)41-62(56)72)74-49-36-46(68(4,5)6)35-47(38-49)70-42-71(60-30-16-15-29-59(60)70)65-50(43-19-9-7-10-20-43)24-17-25-51(65)44-21-11-8-12-22-44;/h7-37,40-41H,1-6H3;/q-2;. The van der Waals surface area contributed by atoms with Gasteiger partial charge in [0.05, 0.1) is 16.6 Å². The molecule has 14 rings (SSSR count). The molecule has 5 aromatic heterocycles. The average molecular weight is 1150 g/mol. The monoisotopic (exact) mass is 1150 g/mol. The Morgan fingerprint density at radius 2 is 1.04 bits per heavy atom. The molecule has 75 heavy (non-hydrogen) atoms. The Morgan fingerprint density at radius 1 is 0.440 bits per heavy atom. The molecule has 5 heterocycles. The molecule has 0 aliphatic heterocycles. The molecule has 0 saturated heterocycles. The van der Waals surface area contributed by atoms with Crippen LogP contribution in [0.15, 0.2) is 200 Å². The van der Waals surface area contributed by atoms with Crippen LogP contribution >= 0.6 is 0 Å². The molecule has 6 nitrogen and oxygen atoms in total. The van der Waals surface area contributed by atoms with E-state index in [1.165, 1.54) is 38.1 Å². The van der Waals surface area contributed by atoms with Crippen LogP contribution in [-0.2, 0) is 30.2 Å². The Hall–Kier alpha value is -8.31. The van der Waals surface area contributed by atoms with Gasteiger partial charge in [0.2, 0.25) is 0 Å². The fourth-order valence-corrected chi connectivity index (χ4v) is 12.5. The summed E-state index contributed by atoms with van der Waals surface area (Å²) in [6.45, 7) is 13.5. The van der Waals surface area contributed by atoms with Crippen molar-refractivity contribution in [1.82, 2.24) is 23.1 Å². The normalized spacial score (nSPS) is 12.5. The Kier molecular flexibility index (Phi) is 10.2. The third-order valence-corrected chi connectivity index (χ3v) is 16.1. The molecule has 9 aromatic carbocycles. The van der Waals surface area contributed by atoms with Crippen LogP contribution in [0.2, 0.25) is 0 Å². The van der Waals surface area contributed by atoms with Gasteiger partial charge in [0, 0.05) is 27.7 Å². The Balaban J connectivity index is 0.970. The number of rotatable bonds is 7. The first-order valence-corrected chi connectivity index (χ1v) is 26.8. The van der Waals surface area contributed by atoms with E-state index >= 15 is 0 Å². The van der Waals surface area contributed by atoms with E-state index in [2.05, 4.69) is 285 Å². The van der Waals surface area contributed by atoms with Gasteiger partial charge in [0.1, 0.15) is 0 Å². The van der Waals surface area contributed by atoms with Gasteiger partial charge < -0.3 is 4.40 Å². The van der Waals surface area contributed by atoms with E-state index < -0.39 is 0 Å². The number of hydrogen-bond acceptors (Lipinski definition) is 2. The molecule has 0 spiro atoms. The summed E-state index contributed by atoms with van der Waals surface area (Å²) in [7, 11) is 0. The maximum atomic E-state index is 7.08. The number of para-hydroxylation sites is 5. The zero-order valence-corrected chi connectivity index (χ0v) is 44.8. The summed E-state index contributed by atoms with van der Waals surface area (Å²) in [6, 6.07) is 77.6. The molecule has 0 atom stereocenters. The van der Waals surface area contributed by atoms with Crippen molar-refractivity contribution in [3.63, 3.8) is 0 Å². The zero-order valence-electron chi connectivity index (χ0n) is 42.5. The molecule has 7 heteroatoms. The predicted molar refractivity (Wildman–Crippen MR) is 305 cm³/mol. The van der Waals surface area contributed by atoms with Crippen molar-refractivity contribution >= 4 is 70.9 Å². The van der Waals surface area contributed by atoms with E-state index in [0.717, 1.165) is 87.2 Å². The first-order valence-electron chi connectivity index (χ1n) is 25.6. The van der Waals surface area contributed by atoms with Gasteiger partial charge in [-0.2, -0.15) is 0 Å². The van der Waals surface area contributed by atoms with Crippen LogP contribution in [0.4, 0.5) is 0 Å². The minimum atomic E-state index is -0.216. The fraction of sp³-hybridized carbons (Fsp3) is 0.118. The molecule has 0 bridgehead atoms. The van der Waals surface area contributed by atoms with Gasteiger partial charge in [-0.25, -0.2) is 0 Å². The van der Waals surface area contributed by atoms with Crippen molar-refractivity contribution < 1.29 is 24.1 Å². The average Bonchev–Trinajstić information content (AvgIpc) is 4.30. The number of hydrogen-bond donors (Lipinski definition) is 0. The van der Waals surface area contributed by atoms with Crippen LogP contribution in [0.25, 0.3) is 110 Å². The summed E-state index contributed by atoms with van der Waals surface area (Å²) in [5, 5.41) is 7.21. The Morgan fingerprint density at radius 3 is 1.73 bits per heavy atom. The predicted octanol–water partition coefficient (Wildman–Crippen LogP) is 17.5. The number of nitrogens with zero attached hydrogens (tertiary/aromatic N) is 5. The fourth-order valence-electron chi connectivity index (χ4n) is 11.4. The molecule has 0 unspecified atom stereocenters. The number of ether oxygens (including phenoxy) is 1. The molecule has 0 radical (unpaired) electrons. The van der Waals surface area contributed by atoms with Crippen molar-refractivity contribution in [2.75, 3.05) is 0 Å². The van der Waals surface area contributed by atoms with Crippen LogP contribution in [0.3, 0.4) is 0 Å². The first-order chi connectivity index (χ1) is 36.4. The van der Waals surface area contributed by atoms with Gasteiger partial charge >= 0.3 is 320 Å². The first kappa shape index (κ1) is 45.3. The van der Waals surface area contributed by atoms with Gasteiger partial charge in [-0.1, -0.05) is 57.2 Å². The molecule has 0 aliphatic rings. The number of aromatic nitrogens is 5. The summed E-state index contributed by atoms with van der Waals surface area (Å²) in [5.41, 5.74) is 16.3. The minimum absolute atomic E-state index is 0.0871. The second kappa shape index (κ2) is 16.9. The number of imidazole rings is 1. The molecular weight excluding hydrogens is 1100 g/mol. The summed E-state index contributed by atoms with van der Waals surface area (Å²) >= 11 is 2.52. The Labute approximate surface area is 446 Å². The molecule has 0 N–H and O–H groups in total. The van der Waals surface area contributed by atoms with Crippen LogP contribution < -0.4 is 4.74 Å². The Bertz CT molecular complexity index is 4600. The van der Waals surface area contributed by atoms with Crippen molar-refractivity contribution in [3.8, 4) is 50.9 Å². The zero-order chi connectivity index (χ0) is 50.9. The topological polar surface area (TPSA) is 41.3 Å². The number of benzene rings is 9. The van der Waals surface area contributed by atoms with Gasteiger partial charge in [0.15, 0.2) is 0 Å². The van der Waals surface area contributed by atoms with Crippen molar-refractivity contribution in [2.24, 2.45) is 0 Å². The van der Waals surface area contributed by atoms with Gasteiger partial charge in [-0.05, 0) is 23.1 Å². The van der Waals surface area contributed by atoms with Crippen molar-refractivity contribution in [2.45, 2.75) is 52.4 Å². The summed E-state index contributed by atoms with van der Waals surface area (Å²) in [4.78, 5) is 5.09. The van der Waals surface area contributed by atoms with E-state index in [1.807, 2.05) is 6.20 Å². The van der Waals surface area contributed by atoms with E-state index in [-0.39, 0.29) is 10.8 Å². The van der Waals surface area contributed by atoms with Gasteiger partial charge in [-0.15, -0.1) is 0 Å². The second-order valence-electron chi connectivity index (χ2n) is 21.8. The van der Waals surface area contributed by atoms with E-state index in [9.17, 15) is 0 Å². The van der Waals surface area contributed by atoms with Crippen LogP contribution in [0, 0.1) is 15.9 Å². The quantitative estimate of drug-likeness (QED) is 0.149. The summed E-state index contributed by atoms with van der Waals surface area (Å²) in [6.07, 6.45) is 1.94. The third-order valence-electron chi connectivity index (χ3n) is 15.1. The third kappa shape index (κ3) is 7.18. The van der Waals surface area contributed by atoms with E-state index in [1.54, 1.807) is 0 Å². The maximum absolute atomic E-state index is 7.08. The van der Waals surface area contributed by atoms with Crippen molar-refractivity contribution in [1.29, 1.82) is 0 Å². The second-order valence-corrected chi connectivity index (χ2v) is 22.8. The van der Waals surface area contributed by atoms with E-state index in [0.29, 0.717) is 11.5 Å². The van der Waals surface area contributed by atoms with Gasteiger partial charge in [-0.3, -0.25) is 0 Å². The molecule has 0 saturated carbocycles. The van der Waals surface area contributed by atoms with Crippen molar-refractivity contribution in [3.05, 3.63) is 227 Å². The molecule has 0 aliphatic carbocycles. The van der Waals surface area contributed by atoms with Crippen LogP contribution in [0.5, 0.6) is 11.5 Å². The molecule has 366 valence electrons. The van der Waals surface area contributed by atoms with Gasteiger partial charge in [0.25, 0.3) is 0 Å². The number of fused-ring (bicyclic) bond motifs is 10. The summed E-state index contributed by atoms with van der Waals surface area (Å²) < 4.78 is 17.6. The van der Waals surface area contributed by atoms with E-state index in [4.69, 9.17) is 9.72 Å². The molecule has 14 aromatic rings. The number of pyridine rings is 1. The SMILES string of the molecule is CC(C)(C)c1cc(Oc2[c-]c3c(cc2)c2cc4c5cccc6c7ccccc7n(c4cc2n3-c2cc(C(C)(C)C)ccn2)c65)[c-]c(-n2[c](=[Pt])n(-c3c(-c4ccccc4)cccc3-c3ccccc3)c3ccccc32)c1. The van der Waals surface area contributed by atoms with Crippen LogP contribution in [-0.4, -0.2) is 23.1 Å². The van der Waals surface area contributed by atoms with Crippen LogP contribution in [0.1, 0.15) is 52.7 Å². The molecule has 0 fully saturated rings. The molecular formula is C68H51N5OPt-2.